The van der Waals surface area contributed by atoms with Crippen LogP contribution in [-0.2, 0) is 14.2 Å². The number of methoxy groups -OCH3 is 1. The van der Waals surface area contributed by atoms with Crippen molar-refractivity contribution in [1.82, 2.24) is 5.43 Å². The minimum atomic E-state index is 0.0343. The average molecular weight is 272 g/mol. The fourth-order valence-corrected chi connectivity index (χ4v) is 3.35. The molecule has 0 radical (unpaired) electrons. The summed E-state index contributed by atoms with van der Waals surface area (Å²) in [6, 6.07) is 0.304. The normalized spacial score (nSPS) is 30.2. The molecule has 2 fully saturated rings. The summed E-state index contributed by atoms with van der Waals surface area (Å²) in [6.07, 6.45) is 5.37. The monoisotopic (exact) mass is 272 g/mol. The number of hydrazine groups is 1. The first kappa shape index (κ1) is 15.2. The molecule has 0 saturated carbocycles. The molecule has 3 N–H and O–H groups in total. The third-order valence-electron chi connectivity index (χ3n) is 4.71. The molecule has 0 aromatic rings. The summed E-state index contributed by atoms with van der Waals surface area (Å²) in [7, 11) is 1.75. The van der Waals surface area contributed by atoms with Gasteiger partial charge in [0.25, 0.3) is 0 Å². The second kappa shape index (κ2) is 6.99. The Bertz CT molecular complexity index is 264. The third-order valence-corrected chi connectivity index (χ3v) is 4.71. The molecule has 112 valence electrons. The standard InChI is InChI=1S/C14H28N2O3/c1-11(17-2)9-13(16-15)12-3-6-19-14(10-12)4-7-18-8-5-14/h11-13,16H,3-10,15H2,1-2H3. The number of hydrogen-bond donors (Lipinski definition) is 2. The van der Waals surface area contributed by atoms with Gasteiger partial charge in [-0.15, -0.1) is 0 Å². The molecule has 0 amide bonds. The van der Waals surface area contributed by atoms with Gasteiger partial charge in [-0.1, -0.05) is 0 Å². The first-order valence-corrected chi connectivity index (χ1v) is 7.40. The summed E-state index contributed by atoms with van der Waals surface area (Å²) in [6.45, 7) is 4.57. The predicted octanol–water partition coefficient (Wildman–Crippen LogP) is 1.22. The maximum absolute atomic E-state index is 6.08. The molecule has 0 aliphatic carbocycles. The smallest absolute Gasteiger partial charge is 0.0729 e. The first-order valence-electron chi connectivity index (χ1n) is 7.40. The molecule has 2 aliphatic heterocycles. The summed E-state index contributed by atoms with van der Waals surface area (Å²) in [5.41, 5.74) is 3.03. The molecular weight excluding hydrogens is 244 g/mol. The summed E-state index contributed by atoms with van der Waals surface area (Å²) >= 11 is 0. The zero-order valence-electron chi connectivity index (χ0n) is 12.2. The SMILES string of the molecule is COC(C)CC(NN)C1CCOC2(CCOCC2)C1. The van der Waals surface area contributed by atoms with Gasteiger partial charge in [-0.3, -0.25) is 11.3 Å². The van der Waals surface area contributed by atoms with Crippen LogP contribution in [0.3, 0.4) is 0 Å². The van der Waals surface area contributed by atoms with Crippen molar-refractivity contribution in [2.45, 2.75) is 56.8 Å². The first-order chi connectivity index (χ1) is 9.19. The Hall–Kier alpha value is -0.200. The topological polar surface area (TPSA) is 65.7 Å². The van der Waals surface area contributed by atoms with Crippen LogP contribution < -0.4 is 11.3 Å². The summed E-state index contributed by atoms with van der Waals surface area (Å²) in [5.74, 6) is 6.32. The van der Waals surface area contributed by atoms with Gasteiger partial charge in [-0.05, 0) is 44.9 Å². The Balaban J connectivity index is 1.94. The van der Waals surface area contributed by atoms with Crippen LogP contribution in [0.2, 0.25) is 0 Å². The van der Waals surface area contributed by atoms with E-state index in [1.807, 2.05) is 0 Å². The molecule has 2 aliphatic rings. The zero-order chi connectivity index (χ0) is 13.7. The van der Waals surface area contributed by atoms with Crippen molar-refractivity contribution in [1.29, 1.82) is 0 Å². The van der Waals surface area contributed by atoms with E-state index in [1.165, 1.54) is 0 Å². The Morgan fingerprint density at radius 3 is 2.74 bits per heavy atom. The Labute approximate surface area is 116 Å². The van der Waals surface area contributed by atoms with Gasteiger partial charge in [-0.25, -0.2) is 0 Å². The number of hydrogen-bond acceptors (Lipinski definition) is 5. The lowest BCUT2D eigenvalue weighted by Crippen LogP contribution is -2.51. The van der Waals surface area contributed by atoms with Gasteiger partial charge in [0.05, 0.1) is 11.7 Å². The van der Waals surface area contributed by atoms with Crippen molar-refractivity contribution in [3.8, 4) is 0 Å². The number of rotatable bonds is 5. The van der Waals surface area contributed by atoms with E-state index in [0.717, 1.165) is 51.9 Å². The fourth-order valence-electron chi connectivity index (χ4n) is 3.35. The van der Waals surface area contributed by atoms with Crippen LogP contribution in [0.5, 0.6) is 0 Å². The van der Waals surface area contributed by atoms with Crippen LogP contribution in [0.15, 0.2) is 0 Å². The minimum Gasteiger partial charge on any atom is -0.382 e. The fraction of sp³-hybridized carbons (Fsp3) is 1.00. The highest BCUT2D eigenvalue weighted by Gasteiger charge is 2.41. The van der Waals surface area contributed by atoms with Crippen molar-refractivity contribution in [2.24, 2.45) is 11.8 Å². The number of ether oxygens (including phenoxy) is 3. The highest BCUT2D eigenvalue weighted by molar-refractivity contribution is 4.92. The van der Waals surface area contributed by atoms with Crippen molar-refractivity contribution in [2.75, 3.05) is 26.9 Å². The molecule has 2 heterocycles. The summed E-state index contributed by atoms with van der Waals surface area (Å²) in [5, 5.41) is 0. The van der Waals surface area contributed by atoms with E-state index in [4.69, 9.17) is 20.1 Å². The van der Waals surface area contributed by atoms with E-state index < -0.39 is 0 Å². The van der Waals surface area contributed by atoms with E-state index in [1.54, 1.807) is 7.11 Å². The van der Waals surface area contributed by atoms with Crippen LogP contribution in [0.4, 0.5) is 0 Å². The van der Waals surface area contributed by atoms with E-state index in [0.29, 0.717) is 12.0 Å². The largest absolute Gasteiger partial charge is 0.382 e. The van der Waals surface area contributed by atoms with Gasteiger partial charge < -0.3 is 14.2 Å². The predicted molar refractivity (Wildman–Crippen MR) is 73.7 cm³/mol. The highest BCUT2D eigenvalue weighted by atomic mass is 16.5. The molecule has 5 nitrogen and oxygen atoms in total. The molecule has 0 aromatic heterocycles. The molecule has 0 bridgehead atoms. The molecule has 19 heavy (non-hydrogen) atoms. The van der Waals surface area contributed by atoms with Crippen molar-refractivity contribution in [3.63, 3.8) is 0 Å². The third kappa shape index (κ3) is 3.89. The van der Waals surface area contributed by atoms with Crippen molar-refractivity contribution < 1.29 is 14.2 Å². The van der Waals surface area contributed by atoms with Gasteiger partial charge in [0.1, 0.15) is 0 Å². The molecule has 3 atom stereocenters. The molecule has 1 spiro atoms. The van der Waals surface area contributed by atoms with Gasteiger partial charge >= 0.3 is 0 Å². The summed E-state index contributed by atoms with van der Waals surface area (Å²) < 4.78 is 16.9. The number of nitrogens with two attached hydrogens (primary N) is 1. The molecule has 2 saturated heterocycles. The quantitative estimate of drug-likeness (QED) is 0.582. The van der Waals surface area contributed by atoms with Gasteiger partial charge in [0.15, 0.2) is 0 Å². The molecule has 0 aromatic carbocycles. The number of nitrogens with one attached hydrogen (secondary N) is 1. The second-order valence-corrected chi connectivity index (χ2v) is 5.95. The summed E-state index contributed by atoms with van der Waals surface area (Å²) in [4.78, 5) is 0. The van der Waals surface area contributed by atoms with Gasteiger partial charge in [0.2, 0.25) is 0 Å². The lowest BCUT2D eigenvalue weighted by molar-refractivity contribution is -0.151. The molecular formula is C14H28N2O3. The van der Waals surface area contributed by atoms with Crippen LogP contribution >= 0.6 is 0 Å². The van der Waals surface area contributed by atoms with Crippen LogP contribution in [0.1, 0.15) is 39.0 Å². The van der Waals surface area contributed by atoms with E-state index in [-0.39, 0.29) is 11.7 Å². The minimum absolute atomic E-state index is 0.0343. The average Bonchev–Trinajstić information content (AvgIpc) is 2.45. The molecule has 5 heteroatoms. The van der Waals surface area contributed by atoms with E-state index >= 15 is 0 Å². The van der Waals surface area contributed by atoms with Crippen LogP contribution in [-0.4, -0.2) is 44.7 Å². The zero-order valence-corrected chi connectivity index (χ0v) is 12.2. The maximum Gasteiger partial charge on any atom is 0.0729 e. The van der Waals surface area contributed by atoms with Crippen LogP contribution in [0, 0.1) is 5.92 Å². The Morgan fingerprint density at radius 2 is 2.11 bits per heavy atom. The lowest BCUT2D eigenvalue weighted by Gasteiger charge is -2.45. The lowest BCUT2D eigenvalue weighted by atomic mass is 9.77. The molecule has 2 rings (SSSR count). The Kier molecular flexibility index (Phi) is 5.59. The Morgan fingerprint density at radius 1 is 1.37 bits per heavy atom. The van der Waals surface area contributed by atoms with E-state index in [9.17, 15) is 0 Å². The van der Waals surface area contributed by atoms with Crippen molar-refractivity contribution in [3.05, 3.63) is 0 Å². The van der Waals surface area contributed by atoms with Crippen molar-refractivity contribution >= 4 is 0 Å². The van der Waals surface area contributed by atoms with E-state index in [2.05, 4.69) is 12.3 Å². The van der Waals surface area contributed by atoms with Gasteiger partial charge in [0, 0.05) is 33.0 Å². The second-order valence-electron chi connectivity index (χ2n) is 5.95. The van der Waals surface area contributed by atoms with Gasteiger partial charge in [-0.2, -0.15) is 0 Å². The highest BCUT2D eigenvalue weighted by Crippen LogP contribution is 2.38. The maximum atomic E-state index is 6.08. The van der Waals surface area contributed by atoms with Crippen LogP contribution in [0.25, 0.3) is 0 Å². The molecule has 3 unspecified atom stereocenters.